The highest BCUT2D eigenvalue weighted by atomic mass is 16.6. The highest BCUT2D eigenvalue weighted by Gasteiger charge is 2.19. The lowest BCUT2D eigenvalue weighted by Gasteiger charge is -2.18. The van der Waals surface area contributed by atoms with Crippen LogP contribution in [0.3, 0.4) is 0 Å². The van der Waals surface area contributed by atoms with E-state index in [9.17, 15) is 14.4 Å². The number of hydrogen-bond donors (Lipinski definition) is 0. The molecule has 2 atom stereocenters. The van der Waals surface area contributed by atoms with Crippen molar-refractivity contribution in [3.63, 3.8) is 0 Å². The molecule has 6 heteroatoms. The van der Waals surface area contributed by atoms with Crippen LogP contribution in [0.5, 0.6) is 0 Å². The molecular weight excluding hydrogens is 841 g/mol. The molecule has 0 fully saturated rings. The summed E-state index contributed by atoms with van der Waals surface area (Å²) in [6.45, 7) is 11.5. The fourth-order valence-electron chi connectivity index (χ4n) is 9.55. The molecule has 0 aromatic heterocycles. The quantitative estimate of drug-likeness (QED) is 0.0343. The molecule has 6 nitrogen and oxygen atoms in total. The third kappa shape index (κ3) is 53.8. The van der Waals surface area contributed by atoms with E-state index in [2.05, 4.69) is 34.6 Å². The Bertz CT molecular complexity index is 1040. The van der Waals surface area contributed by atoms with E-state index >= 15 is 0 Å². The Morgan fingerprint density at radius 3 is 0.838 bits per heavy atom. The maximum absolute atomic E-state index is 12.9. The van der Waals surface area contributed by atoms with Gasteiger partial charge in [-0.2, -0.15) is 0 Å². The Kier molecular flexibility index (Phi) is 53.5. The van der Waals surface area contributed by atoms with Gasteiger partial charge in [-0.3, -0.25) is 14.4 Å². The average molecular weight is 962 g/mol. The molecule has 0 heterocycles. The SMILES string of the molecule is CCCCCCCCCCCCCCCC(=O)OC[C@H](COC(=O)CCCCCCCCCCCCCCC(C)C)OC(=O)CCCCCCCCCCCCCCCCCCCCC(C)CC. The van der Waals surface area contributed by atoms with E-state index in [-0.39, 0.29) is 31.1 Å². The molecule has 0 aliphatic carbocycles. The van der Waals surface area contributed by atoms with E-state index in [0.29, 0.717) is 19.3 Å². The lowest BCUT2D eigenvalue weighted by molar-refractivity contribution is -0.167. The Morgan fingerprint density at radius 1 is 0.309 bits per heavy atom. The lowest BCUT2D eigenvalue weighted by Crippen LogP contribution is -2.30. The average Bonchev–Trinajstić information content (AvgIpc) is 3.32. The van der Waals surface area contributed by atoms with Gasteiger partial charge >= 0.3 is 17.9 Å². The summed E-state index contributed by atoms with van der Waals surface area (Å²) in [6, 6.07) is 0. The van der Waals surface area contributed by atoms with Crippen LogP contribution in [0.4, 0.5) is 0 Å². The zero-order chi connectivity index (χ0) is 49.6. The predicted molar refractivity (Wildman–Crippen MR) is 293 cm³/mol. The first kappa shape index (κ1) is 66.4. The van der Waals surface area contributed by atoms with Crippen molar-refractivity contribution in [2.45, 2.75) is 355 Å². The zero-order valence-corrected chi connectivity index (χ0v) is 46.7. The molecule has 0 spiro atoms. The van der Waals surface area contributed by atoms with Crippen molar-refractivity contribution < 1.29 is 28.6 Å². The van der Waals surface area contributed by atoms with Crippen molar-refractivity contribution in [1.29, 1.82) is 0 Å². The molecule has 0 rings (SSSR count). The second kappa shape index (κ2) is 54.7. The van der Waals surface area contributed by atoms with E-state index in [1.165, 1.54) is 238 Å². The Labute approximate surface area is 425 Å². The van der Waals surface area contributed by atoms with Gasteiger partial charge in [0.15, 0.2) is 6.10 Å². The summed E-state index contributed by atoms with van der Waals surface area (Å²) in [7, 11) is 0. The van der Waals surface area contributed by atoms with Crippen LogP contribution >= 0.6 is 0 Å². The minimum absolute atomic E-state index is 0.0622. The molecule has 0 saturated heterocycles. The second-order valence-electron chi connectivity index (χ2n) is 22.1. The van der Waals surface area contributed by atoms with E-state index < -0.39 is 6.10 Å². The molecule has 0 bridgehead atoms. The summed E-state index contributed by atoms with van der Waals surface area (Å²) in [5, 5.41) is 0. The number of esters is 3. The highest BCUT2D eigenvalue weighted by Crippen LogP contribution is 2.19. The molecule has 0 aliphatic rings. The third-order valence-electron chi connectivity index (χ3n) is 14.6. The van der Waals surface area contributed by atoms with Gasteiger partial charge in [0.1, 0.15) is 13.2 Å². The van der Waals surface area contributed by atoms with Crippen LogP contribution in [-0.2, 0) is 28.6 Å². The van der Waals surface area contributed by atoms with Crippen LogP contribution in [0.1, 0.15) is 349 Å². The fraction of sp³-hybridized carbons (Fsp3) is 0.952. The summed E-state index contributed by atoms with van der Waals surface area (Å²) in [6.07, 6.45) is 59.5. The number of hydrogen-bond acceptors (Lipinski definition) is 6. The van der Waals surface area contributed by atoms with Gasteiger partial charge in [0, 0.05) is 19.3 Å². The van der Waals surface area contributed by atoms with Gasteiger partial charge in [0.2, 0.25) is 0 Å². The maximum Gasteiger partial charge on any atom is 0.306 e. The number of rotatable bonds is 56. The molecule has 0 saturated carbocycles. The molecule has 0 aromatic carbocycles. The van der Waals surface area contributed by atoms with Crippen molar-refractivity contribution in [3.8, 4) is 0 Å². The predicted octanol–water partition coefficient (Wildman–Crippen LogP) is 20.4. The van der Waals surface area contributed by atoms with Crippen molar-refractivity contribution in [1.82, 2.24) is 0 Å². The second-order valence-corrected chi connectivity index (χ2v) is 22.1. The maximum atomic E-state index is 12.9. The number of ether oxygens (including phenoxy) is 3. The minimum Gasteiger partial charge on any atom is -0.462 e. The van der Waals surface area contributed by atoms with E-state index in [4.69, 9.17) is 14.2 Å². The van der Waals surface area contributed by atoms with Crippen LogP contribution < -0.4 is 0 Å². The summed E-state index contributed by atoms with van der Waals surface area (Å²) in [5.74, 6) is 0.908. The number of carbonyl (C=O) groups excluding carboxylic acids is 3. The first-order valence-corrected chi connectivity index (χ1v) is 30.8. The van der Waals surface area contributed by atoms with Crippen LogP contribution in [0.2, 0.25) is 0 Å². The molecule has 404 valence electrons. The van der Waals surface area contributed by atoms with Crippen molar-refractivity contribution >= 4 is 17.9 Å². The van der Waals surface area contributed by atoms with Crippen LogP contribution in [0.15, 0.2) is 0 Å². The van der Waals surface area contributed by atoms with Gasteiger partial charge in [-0.05, 0) is 31.1 Å². The summed E-state index contributed by atoms with van der Waals surface area (Å²) in [5.41, 5.74) is 0. The molecule has 1 unspecified atom stereocenters. The number of unbranched alkanes of at least 4 members (excludes halogenated alkanes) is 40. The minimum atomic E-state index is -0.763. The first-order valence-electron chi connectivity index (χ1n) is 30.8. The van der Waals surface area contributed by atoms with E-state index in [1.54, 1.807) is 0 Å². The van der Waals surface area contributed by atoms with Crippen molar-refractivity contribution in [2.75, 3.05) is 13.2 Å². The normalized spacial score (nSPS) is 12.4. The topological polar surface area (TPSA) is 78.9 Å². The van der Waals surface area contributed by atoms with Crippen LogP contribution in [0, 0.1) is 11.8 Å². The fourth-order valence-corrected chi connectivity index (χ4v) is 9.55. The third-order valence-corrected chi connectivity index (χ3v) is 14.6. The highest BCUT2D eigenvalue weighted by molar-refractivity contribution is 5.71. The largest absolute Gasteiger partial charge is 0.462 e. The Balaban J connectivity index is 4.25. The van der Waals surface area contributed by atoms with E-state index in [1.807, 2.05) is 0 Å². The van der Waals surface area contributed by atoms with Gasteiger partial charge in [-0.25, -0.2) is 0 Å². The molecule has 0 amide bonds. The lowest BCUT2D eigenvalue weighted by atomic mass is 9.99. The van der Waals surface area contributed by atoms with E-state index in [0.717, 1.165) is 69.6 Å². The zero-order valence-electron chi connectivity index (χ0n) is 46.7. The number of carbonyl (C=O) groups is 3. The smallest absolute Gasteiger partial charge is 0.306 e. The molecule has 0 radical (unpaired) electrons. The summed E-state index contributed by atoms with van der Waals surface area (Å²) < 4.78 is 16.9. The molecular formula is C62H120O6. The summed E-state index contributed by atoms with van der Waals surface area (Å²) >= 11 is 0. The van der Waals surface area contributed by atoms with Gasteiger partial charge < -0.3 is 14.2 Å². The van der Waals surface area contributed by atoms with Gasteiger partial charge in [0.05, 0.1) is 0 Å². The first-order chi connectivity index (χ1) is 33.3. The molecule has 68 heavy (non-hydrogen) atoms. The molecule has 0 aliphatic heterocycles. The van der Waals surface area contributed by atoms with Crippen molar-refractivity contribution in [2.24, 2.45) is 11.8 Å². The standard InChI is InChI=1S/C62H120O6/c1-6-8-9-10-11-12-13-20-27-32-37-42-47-52-60(63)66-55-59(56-67-61(64)53-48-43-38-33-28-24-23-25-30-35-40-45-50-57(3)4)68-62(65)54-49-44-39-34-29-22-19-17-15-14-16-18-21-26-31-36-41-46-51-58(5)7-2/h57-59H,6-56H2,1-5H3/t58?,59-/m1/s1. The monoisotopic (exact) mass is 961 g/mol. The molecule has 0 N–H and O–H groups in total. The van der Waals surface area contributed by atoms with Gasteiger partial charge in [0.25, 0.3) is 0 Å². The van der Waals surface area contributed by atoms with Gasteiger partial charge in [-0.1, -0.05) is 311 Å². The van der Waals surface area contributed by atoms with Crippen LogP contribution in [-0.4, -0.2) is 37.2 Å². The van der Waals surface area contributed by atoms with Crippen LogP contribution in [0.25, 0.3) is 0 Å². The Hall–Kier alpha value is -1.59. The summed E-state index contributed by atoms with van der Waals surface area (Å²) in [4.78, 5) is 38.2. The molecule has 0 aromatic rings. The Morgan fingerprint density at radius 2 is 0.559 bits per heavy atom. The van der Waals surface area contributed by atoms with Gasteiger partial charge in [-0.15, -0.1) is 0 Å². The van der Waals surface area contributed by atoms with Crippen molar-refractivity contribution in [3.05, 3.63) is 0 Å².